The summed E-state index contributed by atoms with van der Waals surface area (Å²) in [5.74, 6) is 0.159. The normalized spacial score (nSPS) is 15.0. The first-order valence-corrected chi connectivity index (χ1v) is 6.38. The summed E-state index contributed by atoms with van der Waals surface area (Å²) in [7, 11) is 0. The Labute approximate surface area is 119 Å². The van der Waals surface area contributed by atoms with Crippen molar-refractivity contribution in [2.75, 3.05) is 6.61 Å². The number of aliphatic hydroxyl groups excluding tert-OH is 2. The number of hydrogen-bond acceptors (Lipinski definition) is 3. The number of ether oxygens (including phenoxy) is 1. The molecule has 0 fully saturated rings. The van der Waals surface area contributed by atoms with Crippen LogP contribution in [0.2, 0.25) is 0 Å². The van der Waals surface area contributed by atoms with Crippen LogP contribution in [-0.2, 0) is 0 Å². The molecule has 0 aromatic heterocycles. The van der Waals surface area contributed by atoms with Gasteiger partial charge in [-0.05, 0) is 12.3 Å². The summed E-state index contributed by atoms with van der Waals surface area (Å²) in [4.78, 5) is 0. The molecule has 2 atom stereocenters. The minimum Gasteiger partial charge on any atom is -0.489 e. The monoisotopic (exact) mass is 300 g/mol. The topological polar surface area (TPSA) is 49.7 Å². The molecule has 0 aliphatic heterocycles. The summed E-state index contributed by atoms with van der Waals surface area (Å²) >= 11 is 0. The van der Waals surface area contributed by atoms with Gasteiger partial charge in [0.2, 0.25) is 0 Å². The Morgan fingerprint density at radius 3 is 2.38 bits per heavy atom. The molecule has 2 N–H and O–H groups in total. The summed E-state index contributed by atoms with van der Waals surface area (Å²) in [6.45, 7) is 0.578. The second-order valence-corrected chi connectivity index (χ2v) is 4.75. The number of fused-ring (bicyclic) bond motifs is 1. The maximum absolute atomic E-state index is 12.3. The molecular formula is C15H15F3O3. The fourth-order valence-corrected chi connectivity index (χ4v) is 2.01. The molecule has 0 bridgehead atoms. The van der Waals surface area contributed by atoms with Gasteiger partial charge in [0.25, 0.3) is 0 Å². The first-order valence-electron chi connectivity index (χ1n) is 6.38. The molecule has 0 heterocycles. The van der Waals surface area contributed by atoms with Crippen molar-refractivity contribution in [3.63, 3.8) is 0 Å². The fraction of sp³-hybridized carbons (Fsp3) is 0.333. The van der Waals surface area contributed by atoms with Gasteiger partial charge in [-0.25, -0.2) is 0 Å². The molecule has 0 aliphatic rings. The van der Waals surface area contributed by atoms with Crippen molar-refractivity contribution in [2.24, 2.45) is 0 Å². The zero-order chi connectivity index (χ0) is 15.6. The van der Waals surface area contributed by atoms with Crippen LogP contribution in [0.15, 0.2) is 36.4 Å². The lowest BCUT2D eigenvalue weighted by atomic mass is 10.0. The minimum atomic E-state index is -4.74. The number of aliphatic hydroxyl groups is 2. The van der Waals surface area contributed by atoms with E-state index in [2.05, 4.69) is 0 Å². The van der Waals surface area contributed by atoms with Crippen molar-refractivity contribution < 1.29 is 28.1 Å². The Bertz CT molecular complexity index is 623. The van der Waals surface area contributed by atoms with E-state index in [0.717, 1.165) is 5.39 Å². The van der Waals surface area contributed by atoms with E-state index in [1.807, 2.05) is 0 Å². The lowest BCUT2D eigenvalue weighted by Gasteiger charge is -2.19. The van der Waals surface area contributed by atoms with Crippen LogP contribution in [0.4, 0.5) is 13.2 Å². The van der Waals surface area contributed by atoms with E-state index in [4.69, 9.17) is 9.84 Å². The summed E-state index contributed by atoms with van der Waals surface area (Å²) in [6, 6.07) is 10.3. The van der Waals surface area contributed by atoms with Gasteiger partial charge in [0.1, 0.15) is 12.4 Å². The highest BCUT2D eigenvalue weighted by Crippen LogP contribution is 2.34. The van der Waals surface area contributed by atoms with E-state index in [9.17, 15) is 18.3 Å². The van der Waals surface area contributed by atoms with Crippen LogP contribution in [-0.4, -0.2) is 29.1 Å². The van der Waals surface area contributed by atoms with Gasteiger partial charge in [0.15, 0.2) is 6.10 Å². The van der Waals surface area contributed by atoms with Gasteiger partial charge in [-0.2, -0.15) is 13.2 Å². The second kappa shape index (κ2) is 5.91. The van der Waals surface area contributed by atoms with Crippen molar-refractivity contribution in [2.45, 2.75) is 25.3 Å². The van der Waals surface area contributed by atoms with Crippen molar-refractivity contribution in [1.29, 1.82) is 0 Å². The van der Waals surface area contributed by atoms with Crippen LogP contribution in [0.3, 0.4) is 0 Å². The van der Waals surface area contributed by atoms with Crippen LogP contribution in [0, 0.1) is 0 Å². The van der Waals surface area contributed by atoms with E-state index >= 15 is 0 Å². The molecule has 6 heteroatoms. The van der Waals surface area contributed by atoms with E-state index in [1.165, 1.54) is 6.92 Å². The lowest BCUT2D eigenvalue weighted by Crippen LogP contribution is -2.34. The number of rotatable bonds is 4. The van der Waals surface area contributed by atoms with E-state index in [0.29, 0.717) is 10.9 Å². The quantitative estimate of drug-likeness (QED) is 0.911. The lowest BCUT2D eigenvalue weighted by molar-refractivity contribution is -0.210. The van der Waals surface area contributed by atoms with E-state index in [1.54, 1.807) is 36.4 Å². The molecule has 2 aromatic carbocycles. The molecule has 3 nitrogen and oxygen atoms in total. The Balaban J connectivity index is 2.38. The number of hydrogen-bond donors (Lipinski definition) is 2. The number of halogens is 3. The van der Waals surface area contributed by atoms with Gasteiger partial charge in [0.05, 0.1) is 6.10 Å². The molecule has 21 heavy (non-hydrogen) atoms. The van der Waals surface area contributed by atoms with Gasteiger partial charge in [-0.15, -0.1) is 0 Å². The SMILES string of the molecule is C[C@H](O)c1ccc2ccccc2c1OCC(O)C(F)(F)F. The Kier molecular flexibility index (Phi) is 4.39. The first-order chi connectivity index (χ1) is 9.80. The Morgan fingerprint density at radius 1 is 1.10 bits per heavy atom. The fourth-order valence-electron chi connectivity index (χ4n) is 2.01. The molecule has 1 unspecified atom stereocenters. The maximum Gasteiger partial charge on any atom is 0.417 e. The third kappa shape index (κ3) is 3.46. The first kappa shape index (κ1) is 15.6. The summed E-state index contributed by atoms with van der Waals surface area (Å²) in [5.41, 5.74) is 0.378. The zero-order valence-corrected chi connectivity index (χ0v) is 11.3. The summed E-state index contributed by atoms with van der Waals surface area (Å²) in [5, 5.41) is 20.1. The Morgan fingerprint density at radius 2 is 1.76 bits per heavy atom. The highest BCUT2D eigenvalue weighted by Gasteiger charge is 2.39. The highest BCUT2D eigenvalue weighted by molar-refractivity contribution is 5.89. The second-order valence-electron chi connectivity index (χ2n) is 4.75. The van der Waals surface area contributed by atoms with E-state index in [-0.39, 0.29) is 5.75 Å². The summed E-state index contributed by atoms with van der Waals surface area (Å²) < 4.78 is 42.2. The van der Waals surface area contributed by atoms with Gasteiger partial charge >= 0.3 is 6.18 Å². The molecular weight excluding hydrogens is 285 g/mol. The molecule has 0 saturated carbocycles. The van der Waals surface area contributed by atoms with Gasteiger partial charge in [0, 0.05) is 10.9 Å². The molecule has 2 rings (SSSR count). The molecule has 2 aromatic rings. The number of benzene rings is 2. The van der Waals surface area contributed by atoms with Crippen molar-refractivity contribution in [3.05, 3.63) is 42.0 Å². The molecule has 0 spiro atoms. The third-order valence-electron chi connectivity index (χ3n) is 3.12. The average molecular weight is 300 g/mol. The smallest absolute Gasteiger partial charge is 0.417 e. The molecule has 0 saturated heterocycles. The van der Waals surface area contributed by atoms with Crippen molar-refractivity contribution >= 4 is 10.8 Å². The average Bonchev–Trinajstić information content (AvgIpc) is 2.42. The zero-order valence-electron chi connectivity index (χ0n) is 11.3. The molecule has 0 aliphatic carbocycles. The van der Waals surface area contributed by atoms with Crippen LogP contribution < -0.4 is 4.74 Å². The predicted molar refractivity (Wildman–Crippen MR) is 72.1 cm³/mol. The predicted octanol–water partition coefficient (Wildman–Crippen LogP) is 3.20. The van der Waals surface area contributed by atoms with Crippen LogP contribution in [0.1, 0.15) is 18.6 Å². The summed E-state index contributed by atoms with van der Waals surface area (Å²) in [6.07, 6.45) is -8.21. The molecule has 0 amide bonds. The largest absolute Gasteiger partial charge is 0.489 e. The van der Waals surface area contributed by atoms with Gasteiger partial charge in [-0.3, -0.25) is 0 Å². The van der Waals surface area contributed by atoms with Gasteiger partial charge in [-0.1, -0.05) is 36.4 Å². The maximum atomic E-state index is 12.3. The third-order valence-corrected chi connectivity index (χ3v) is 3.12. The minimum absolute atomic E-state index is 0.159. The molecule has 114 valence electrons. The van der Waals surface area contributed by atoms with E-state index < -0.39 is 25.0 Å². The number of alkyl halides is 3. The van der Waals surface area contributed by atoms with Crippen molar-refractivity contribution in [1.82, 2.24) is 0 Å². The van der Waals surface area contributed by atoms with Gasteiger partial charge < -0.3 is 14.9 Å². The highest BCUT2D eigenvalue weighted by atomic mass is 19.4. The van der Waals surface area contributed by atoms with Crippen LogP contribution in [0.25, 0.3) is 10.8 Å². The molecule has 0 radical (unpaired) electrons. The standard InChI is InChI=1S/C15H15F3O3/c1-9(19)11-7-6-10-4-2-3-5-12(10)14(11)21-8-13(20)15(16,17)18/h2-7,9,13,19-20H,8H2,1H3/t9-,13?/m0/s1. The van der Waals surface area contributed by atoms with Crippen LogP contribution >= 0.6 is 0 Å². The Hall–Kier alpha value is -1.79. The van der Waals surface area contributed by atoms with Crippen LogP contribution in [0.5, 0.6) is 5.75 Å². The van der Waals surface area contributed by atoms with Crippen molar-refractivity contribution in [3.8, 4) is 5.75 Å².